The number of aryl methyl sites for hydroxylation is 2. The molecular weight excluding hydrogens is 192 g/mol. The molecule has 0 amide bonds. The average molecular weight is 210 g/mol. The largest absolute Gasteiger partial charge is 0.361 e. The number of hydrogen-bond donors (Lipinski definition) is 2. The van der Waals surface area contributed by atoms with Crippen molar-refractivity contribution >= 4 is 5.96 Å². The lowest BCUT2D eigenvalue weighted by molar-refractivity contribution is 0.392. The van der Waals surface area contributed by atoms with Gasteiger partial charge in [0.1, 0.15) is 5.76 Å². The van der Waals surface area contributed by atoms with Crippen LogP contribution in [0.15, 0.2) is 9.52 Å². The van der Waals surface area contributed by atoms with E-state index in [4.69, 9.17) is 4.52 Å². The van der Waals surface area contributed by atoms with Crippen molar-refractivity contribution in [3.63, 3.8) is 0 Å². The molecule has 0 spiro atoms. The van der Waals surface area contributed by atoms with Crippen LogP contribution in [0.5, 0.6) is 0 Å². The maximum absolute atomic E-state index is 5.08. The molecule has 5 nitrogen and oxygen atoms in total. The third kappa shape index (κ3) is 2.97. The van der Waals surface area contributed by atoms with Gasteiger partial charge < -0.3 is 15.2 Å². The zero-order chi connectivity index (χ0) is 11.3. The summed E-state index contributed by atoms with van der Waals surface area (Å²) in [7, 11) is 3.58. The smallest absolute Gasteiger partial charge is 0.190 e. The van der Waals surface area contributed by atoms with Gasteiger partial charge in [0, 0.05) is 26.2 Å². The third-order valence-electron chi connectivity index (χ3n) is 2.31. The molecule has 0 atom stereocenters. The summed E-state index contributed by atoms with van der Waals surface area (Å²) in [6.45, 7) is 4.71. The van der Waals surface area contributed by atoms with E-state index in [0.29, 0.717) is 0 Å². The summed E-state index contributed by atoms with van der Waals surface area (Å²) in [6.07, 6.45) is 0.891. The van der Waals surface area contributed by atoms with Crippen molar-refractivity contribution in [2.24, 2.45) is 4.99 Å². The van der Waals surface area contributed by atoms with Gasteiger partial charge in [0.15, 0.2) is 5.96 Å². The fraction of sp³-hybridized carbons (Fsp3) is 0.600. The number of aromatic nitrogens is 1. The van der Waals surface area contributed by atoms with Crippen molar-refractivity contribution in [1.82, 2.24) is 15.8 Å². The Labute approximate surface area is 89.9 Å². The molecule has 1 heterocycles. The van der Waals surface area contributed by atoms with Crippen LogP contribution in [0.2, 0.25) is 0 Å². The molecule has 0 aliphatic heterocycles. The highest BCUT2D eigenvalue weighted by molar-refractivity contribution is 5.79. The summed E-state index contributed by atoms with van der Waals surface area (Å²) in [5.41, 5.74) is 2.14. The van der Waals surface area contributed by atoms with E-state index in [1.807, 2.05) is 20.9 Å². The Bertz CT molecular complexity index is 324. The van der Waals surface area contributed by atoms with E-state index in [2.05, 4.69) is 20.8 Å². The normalized spacial score (nSPS) is 11.6. The number of nitrogens with one attached hydrogen (secondary N) is 2. The summed E-state index contributed by atoms with van der Waals surface area (Å²) in [4.78, 5) is 4.03. The summed E-state index contributed by atoms with van der Waals surface area (Å²) >= 11 is 0. The molecule has 0 aliphatic carbocycles. The second-order valence-corrected chi connectivity index (χ2v) is 3.30. The standard InChI is InChI=1S/C10H18N4O/c1-7-9(8(2)15-14-7)5-6-13-10(11-3)12-4/h5-6H2,1-4H3,(H2,11,12,13). The van der Waals surface area contributed by atoms with Crippen molar-refractivity contribution in [2.45, 2.75) is 20.3 Å². The van der Waals surface area contributed by atoms with Crippen LogP contribution in [0.4, 0.5) is 0 Å². The predicted octanol–water partition coefficient (Wildman–Crippen LogP) is 0.629. The highest BCUT2D eigenvalue weighted by Crippen LogP contribution is 2.11. The highest BCUT2D eigenvalue weighted by Gasteiger charge is 2.07. The number of hydrogen-bond acceptors (Lipinski definition) is 3. The quantitative estimate of drug-likeness (QED) is 0.567. The van der Waals surface area contributed by atoms with Gasteiger partial charge >= 0.3 is 0 Å². The van der Waals surface area contributed by atoms with Gasteiger partial charge in [-0.3, -0.25) is 4.99 Å². The minimum absolute atomic E-state index is 0.793. The van der Waals surface area contributed by atoms with Gasteiger partial charge in [-0.2, -0.15) is 0 Å². The van der Waals surface area contributed by atoms with Crippen molar-refractivity contribution in [3.8, 4) is 0 Å². The zero-order valence-electron chi connectivity index (χ0n) is 9.72. The van der Waals surface area contributed by atoms with Crippen LogP contribution in [0.25, 0.3) is 0 Å². The Morgan fingerprint density at radius 2 is 2.20 bits per heavy atom. The highest BCUT2D eigenvalue weighted by atomic mass is 16.5. The van der Waals surface area contributed by atoms with Gasteiger partial charge in [-0.05, 0) is 20.3 Å². The average Bonchev–Trinajstić information content (AvgIpc) is 2.55. The van der Waals surface area contributed by atoms with Crippen LogP contribution < -0.4 is 10.6 Å². The first kappa shape index (κ1) is 11.6. The van der Waals surface area contributed by atoms with Crippen LogP contribution in [0.1, 0.15) is 17.0 Å². The lowest BCUT2D eigenvalue weighted by Gasteiger charge is -2.07. The molecule has 84 valence electrons. The van der Waals surface area contributed by atoms with Crippen LogP contribution >= 0.6 is 0 Å². The first-order valence-corrected chi connectivity index (χ1v) is 4.99. The molecule has 0 saturated heterocycles. The molecule has 0 aliphatic rings. The first-order valence-electron chi connectivity index (χ1n) is 4.99. The van der Waals surface area contributed by atoms with Crippen molar-refractivity contribution in [2.75, 3.05) is 20.6 Å². The van der Waals surface area contributed by atoms with Crippen molar-refractivity contribution in [3.05, 3.63) is 17.0 Å². The van der Waals surface area contributed by atoms with Crippen molar-refractivity contribution < 1.29 is 4.52 Å². The van der Waals surface area contributed by atoms with Gasteiger partial charge in [0.25, 0.3) is 0 Å². The number of aliphatic imine (C=N–C) groups is 1. The monoisotopic (exact) mass is 210 g/mol. The van der Waals surface area contributed by atoms with E-state index in [1.54, 1.807) is 7.05 Å². The Morgan fingerprint density at radius 3 is 2.67 bits per heavy atom. The molecule has 1 aromatic heterocycles. The van der Waals surface area contributed by atoms with Gasteiger partial charge in [-0.15, -0.1) is 0 Å². The minimum Gasteiger partial charge on any atom is -0.361 e. The molecule has 0 aromatic carbocycles. The maximum atomic E-state index is 5.08. The molecule has 0 saturated carbocycles. The SMILES string of the molecule is CN=C(NC)NCCc1c(C)noc1C. The Morgan fingerprint density at radius 1 is 1.47 bits per heavy atom. The lowest BCUT2D eigenvalue weighted by Crippen LogP contribution is -2.35. The Hall–Kier alpha value is -1.52. The fourth-order valence-electron chi connectivity index (χ4n) is 1.44. The van der Waals surface area contributed by atoms with Crippen LogP contribution in [0.3, 0.4) is 0 Å². The topological polar surface area (TPSA) is 62.5 Å². The maximum Gasteiger partial charge on any atom is 0.190 e. The van der Waals surface area contributed by atoms with E-state index in [0.717, 1.165) is 30.4 Å². The van der Waals surface area contributed by atoms with E-state index >= 15 is 0 Å². The van der Waals surface area contributed by atoms with E-state index in [9.17, 15) is 0 Å². The molecule has 15 heavy (non-hydrogen) atoms. The van der Waals surface area contributed by atoms with Crippen LogP contribution in [-0.2, 0) is 6.42 Å². The second kappa shape index (κ2) is 5.38. The molecule has 1 aromatic rings. The van der Waals surface area contributed by atoms with Crippen LogP contribution in [0, 0.1) is 13.8 Å². The van der Waals surface area contributed by atoms with Gasteiger partial charge in [0.05, 0.1) is 5.69 Å². The predicted molar refractivity (Wildman–Crippen MR) is 60.1 cm³/mol. The number of guanidine groups is 1. The van der Waals surface area contributed by atoms with E-state index < -0.39 is 0 Å². The Balaban J connectivity index is 2.44. The minimum atomic E-state index is 0.793. The molecule has 2 N–H and O–H groups in total. The summed E-state index contributed by atoms with van der Waals surface area (Å²) in [5.74, 6) is 1.69. The molecule has 0 unspecified atom stereocenters. The summed E-state index contributed by atoms with van der Waals surface area (Å²) < 4.78 is 5.08. The second-order valence-electron chi connectivity index (χ2n) is 3.30. The molecule has 5 heteroatoms. The molecule has 1 rings (SSSR count). The Kier molecular flexibility index (Phi) is 4.15. The molecular formula is C10H18N4O. The molecule has 0 fully saturated rings. The van der Waals surface area contributed by atoms with Gasteiger partial charge in [0.2, 0.25) is 0 Å². The van der Waals surface area contributed by atoms with Gasteiger partial charge in [-0.25, -0.2) is 0 Å². The molecule has 0 bridgehead atoms. The summed E-state index contributed by atoms with van der Waals surface area (Å²) in [5, 5.41) is 10.0. The van der Waals surface area contributed by atoms with E-state index in [-0.39, 0.29) is 0 Å². The van der Waals surface area contributed by atoms with Gasteiger partial charge in [-0.1, -0.05) is 5.16 Å². The number of nitrogens with zero attached hydrogens (tertiary/aromatic N) is 2. The lowest BCUT2D eigenvalue weighted by atomic mass is 10.1. The van der Waals surface area contributed by atoms with Crippen LogP contribution in [-0.4, -0.2) is 31.8 Å². The zero-order valence-corrected chi connectivity index (χ0v) is 9.72. The summed E-state index contributed by atoms with van der Waals surface area (Å²) in [6, 6.07) is 0. The number of rotatable bonds is 3. The third-order valence-corrected chi connectivity index (χ3v) is 2.31. The fourth-order valence-corrected chi connectivity index (χ4v) is 1.44. The first-order chi connectivity index (χ1) is 7.19. The van der Waals surface area contributed by atoms with E-state index in [1.165, 1.54) is 5.56 Å². The molecule has 0 radical (unpaired) electrons. The van der Waals surface area contributed by atoms with Crippen molar-refractivity contribution in [1.29, 1.82) is 0 Å².